The highest BCUT2D eigenvalue weighted by atomic mass is 19.1. The van der Waals surface area contributed by atoms with Gasteiger partial charge < -0.3 is 9.64 Å². The molecule has 6 nitrogen and oxygen atoms in total. The number of hydrogen-bond acceptors (Lipinski definition) is 4. The number of hydrogen-bond donors (Lipinski definition) is 0. The van der Waals surface area contributed by atoms with E-state index in [1.54, 1.807) is 30.3 Å². The van der Waals surface area contributed by atoms with Gasteiger partial charge in [0.25, 0.3) is 0 Å². The molecule has 0 fully saturated rings. The van der Waals surface area contributed by atoms with Gasteiger partial charge in [0.1, 0.15) is 30.5 Å². The number of halogens is 3. The number of rotatable bonds is 8. The van der Waals surface area contributed by atoms with Gasteiger partial charge in [-0.1, -0.05) is 18.2 Å². The molecule has 176 valence electrons. The second kappa shape index (κ2) is 11.1. The third-order valence-electron chi connectivity index (χ3n) is 4.89. The molecule has 3 rings (SSSR count). The third-order valence-corrected chi connectivity index (χ3v) is 4.89. The Kier molecular flexibility index (Phi) is 8.02. The Morgan fingerprint density at radius 2 is 1.26 bits per heavy atom. The zero-order valence-electron chi connectivity index (χ0n) is 18.2. The number of methoxy groups -OCH3 is 1. The van der Waals surface area contributed by atoms with Crippen LogP contribution in [0.4, 0.5) is 24.5 Å². The molecular formula is C25H21F3N2O4. The molecule has 0 aromatic heterocycles. The standard InChI is InChI=1S/C25H21F3N2O4/c1-34-25(33)16-30(21-5-3-2-4-6-21)24(32)15-29(22-9-7-18(26)8-10-22)23(31)13-17-11-19(27)14-20(28)12-17/h2-12,14H,13,15-16H2,1H3. The van der Waals surface area contributed by atoms with Gasteiger partial charge in [0.05, 0.1) is 13.5 Å². The molecule has 0 saturated heterocycles. The van der Waals surface area contributed by atoms with E-state index in [1.165, 1.54) is 19.2 Å². The molecule has 9 heteroatoms. The topological polar surface area (TPSA) is 66.9 Å². The van der Waals surface area contributed by atoms with Crippen LogP contribution in [0.25, 0.3) is 0 Å². The van der Waals surface area contributed by atoms with Crippen molar-refractivity contribution in [3.63, 3.8) is 0 Å². The number of para-hydroxylation sites is 1. The average molecular weight is 470 g/mol. The molecule has 3 aromatic carbocycles. The molecule has 34 heavy (non-hydrogen) atoms. The summed E-state index contributed by atoms with van der Waals surface area (Å²) in [5, 5.41) is 0. The Bertz CT molecular complexity index is 1150. The summed E-state index contributed by atoms with van der Waals surface area (Å²) in [4.78, 5) is 40.5. The number of carbonyl (C=O) groups is 3. The van der Waals surface area contributed by atoms with Gasteiger partial charge in [0.15, 0.2) is 0 Å². The van der Waals surface area contributed by atoms with Crippen molar-refractivity contribution < 1.29 is 32.3 Å². The number of amides is 2. The molecule has 0 aliphatic heterocycles. The Hall–Kier alpha value is -4.14. The number of benzene rings is 3. The number of carbonyl (C=O) groups excluding carboxylic acids is 3. The van der Waals surface area contributed by atoms with E-state index in [1.807, 2.05) is 0 Å². The van der Waals surface area contributed by atoms with Crippen molar-refractivity contribution in [1.82, 2.24) is 0 Å². The van der Waals surface area contributed by atoms with E-state index in [-0.39, 0.29) is 11.3 Å². The SMILES string of the molecule is COC(=O)CN(C(=O)CN(C(=O)Cc1cc(F)cc(F)c1)c1ccc(F)cc1)c1ccccc1. The lowest BCUT2D eigenvalue weighted by Gasteiger charge is -2.27. The van der Waals surface area contributed by atoms with Crippen molar-refractivity contribution in [2.24, 2.45) is 0 Å². The minimum Gasteiger partial charge on any atom is -0.468 e. The molecule has 0 atom stereocenters. The molecule has 0 aliphatic rings. The summed E-state index contributed by atoms with van der Waals surface area (Å²) in [6.07, 6.45) is -0.415. The highest BCUT2D eigenvalue weighted by Gasteiger charge is 2.26. The van der Waals surface area contributed by atoms with E-state index < -0.39 is 54.7 Å². The van der Waals surface area contributed by atoms with E-state index in [4.69, 9.17) is 0 Å². The van der Waals surface area contributed by atoms with Gasteiger partial charge in [-0.05, 0) is 54.1 Å². The van der Waals surface area contributed by atoms with Gasteiger partial charge in [0, 0.05) is 17.4 Å². The second-order valence-electron chi connectivity index (χ2n) is 7.30. The normalized spacial score (nSPS) is 10.5. The van der Waals surface area contributed by atoms with Crippen molar-refractivity contribution in [2.45, 2.75) is 6.42 Å². The molecule has 0 spiro atoms. The van der Waals surface area contributed by atoms with Crippen LogP contribution in [-0.2, 0) is 25.5 Å². The lowest BCUT2D eigenvalue weighted by Crippen LogP contribution is -2.45. The molecule has 3 aromatic rings. The zero-order valence-corrected chi connectivity index (χ0v) is 18.2. The Balaban J connectivity index is 1.91. The Morgan fingerprint density at radius 3 is 1.85 bits per heavy atom. The second-order valence-corrected chi connectivity index (χ2v) is 7.30. The summed E-state index contributed by atoms with van der Waals surface area (Å²) in [5.74, 6) is -4.20. The van der Waals surface area contributed by atoms with Gasteiger partial charge in [0.2, 0.25) is 11.8 Å². The summed E-state index contributed by atoms with van der Waals surface area (Å²) in [7, 11) is 1.18. The van der Waals surface area contributed by atoms with Crippen LogP contribution in [-0.4, -0.2) is 38.0 Å². The van der Waals surface area contributed by atoms with E-state index in [2.05, 4.69) is 4.74 Å². The van der Waals surface area contributed by atoms with Crippen LogP contribution in [0, 0.1) is 17.5 Å². The fraction of sp³-hybridized carbons (Fsp3) is 0.160. The monoisotopic (exact) mass is 470 g/mol. The van der Waals surface area contributed by atoms with Crippen LogP contribution in [0.3, 0.4) is 0 Å². The van der Waals surface area contributed by atoms with Crippen molar-refractivity contribution >= 4 is 29.2 Å². The fourth-order valence-electron chi connectivity index (χ4n) is 3.27. The highest BCUT2D eigenvalue weighted by molar-refractivity contribution is 6.05. The van der Waals surface area contributed by atoms with E-state index in [0.717, 1.165) is 34.1 Å². The smallest absolute Gasteiger partial charge is 0.325 e. The first kappa shape index (κ1) is 24.5. The lowest BCUT2D eigenvalue weighted by molar-refractivity contribution is -0.139. The summed E-state index contributed by atoms with van der Waals surface area (Å²) >= 11 is 0. The van der Waals surface area contributed by atoms with Crippen LogP contribution in [0.1, 0.15) is 5.56 Å². The van der Waals surface area contributed by atoms with Crippen molar-refractivity contribution in [1.29, 1.82) is 0 Å². The fourth-order valence-corrected chi connectivity index (χ4v) is 3.27. The minimum atomic E-state index is -0.847. The predicted molar refractivity (Wildman–Crippen MR) is 120 cm³/mol. The Labute approximate surface area is 194 Å². The number of anilines is 2. The molecule has 0 bridgehead atoms. The summed E-state index contributed by atoms with van der Waals surface area (Å²) in [6, 6.07) is 15.9. The predicted octanol–water partition coefficient (Wildman–Crippen LogP) is 3.89. The molecule has 0 radical (unpaired) electrons. The molecule has 0 aliphatic carbocycles. The maximum Gasteiger partial charge on any atom is 0.325 e. The highest BCUT2D eigenvalue weighted by Crippen LogP contribution is 2.20. The van der Waals surface area contributed by atoms with Crippen molar-refractivity contribution in [2.75, 3.05) is 30.0 Å². The molecule has 2 amide bonds. The van der Waals surface area contributed by atoms with Gasteiger partial charge in [-0.3, -0.25) is 19.3 Å². The van der Waals surface area contributed by atoms with Gasteiger partial charge in [-0.15, -0.1) is 0 Å². The molecule has 0 saturated carbocycles. The van der Waals surface area contributed by atoms with Crippen LogP contribution in [0.15, 0.2) is 72.8 Å². The first-order valence-corrected chi connectivity index (χ1v) is 10.2. The quantitative estimate of drug-likeness (QED) is 0.469. The van der Waals surface area contributed by atoms with Crippen molar-refractivity contribution in [3.8, 4) is 0 Å². The minimum absolute atomic E-state index is 0.0662. The lowest BCUT2D eigenvalue weighted by atomic mass is 10.1. The van der Waals surface area contributed by atoms with E-state index in [0.29, 0.717) is 11.8 Å². The van der Waals surface area contributed by atoms with Crippen LogP contribution < -0.4 is 9.80 Å². The Morgan fingerprint density at radius 1 is 0.706 bits per heavy atom. The molecular weight excluding hydrogens is 449 g/mol. The van der Waals surface area contributed by atoms with E-state index in [9.17, 15) is 27.6 Å². The zero-order chi connectivity index (χ0) is 24.7. The largest absolute Gasteiger partial charge is 0.468 e. The van der Waals surface area contributed by atoms with Crippen molar-refractivity contribution in [3.05, 3.63) is 95.8 Å². The molecule has 0 N–H and O–H groups in total. The van der Waals surface area contributed by atoms with Crippen LogP contribution in [0.2, 0.25) is 0 Å². The van der Waals surface area contributed by atoms with Gasteiger partial charge in [-0.25, -0.2) is 13.2 Å². The first-order valence-electron chi connectivity index (χ1n) is 10.2. The summed E-state index contributed by atoms with van der Waals surface area (Å²) < 4.78 is 45.3. The van der Waals surface area contributed by atoms with Crippen LogP contribution in [0.5, 0.6) is 0 Å². The number of ether oxygens (including phenoxy) is 1. The first-order chi connectivity index (χ1) is 16.3. The maximum atomic E-state index is 13.6. The summed E-state index contributed by atoms with van der Waals surface area (Å²) in [5.41, 5.74) is 0.663. The van der Waals surface area contributed by atoms with Gasteiger partial charge >= 0.3 is 5.97 Å². The number of esters is 1. The summed E-state index contributed by atoms with van der Waals surface area (Å²) in [6.45, 7) is -0.923. The maximum absolute atomic E-state index is 13.6. The van der Waals surface area contributed by atoms with Gasteiger partial charge in [-0.2, -0.15) is 0 Å². The third kappa shape index (κ3) is 6.44. The van der Waals surface area contributed by atoms with E-state index >= 15 is 0 Å². The molecule has 0 unspecified atom stereocenters. The average Bonchev–Trinajstić information content (AvgIpc) is 2.81. The van der Waals surface area contributed by atoms with Crippen LogP contribution >= 0.6 is 0 Å². The number of nitrogens with zero attached hydrogens (tertiary/aromatic N) is 2. The molecule has 0 heterocycles.